The summed E-state index contributed by atoms with van der Waals surface area (Å²) in [6.07, 6.45) is -4.61. The first-order valence-electron chi connectivity index (χ1n) is 6.27. The van der Waals surface area contributed by atoms with E-state index in [0.29, 0.717) is 12.6 Å². The first-order valence-corrected chi connectivity index (χ1v) is 6.27. The Morgan fingerprint density at radius 3 is 2.40 bits per heavy atom. The SMILES string of the molecule is CCNC(C)C(C)c1ccc([N+](=O)[O-])cc1C(F)(F)F. The van der Waals surface area contributed by atoms with Gasteiger partial charge in [0.1, 0.15) is 0 Å². The first-order chi connectivity index (χ1) is 9.18. The van der Waals surface area contributed by atoms with Crippen molar-refractivity contribution in [3.05, 3.63) is 39.4 Å². The summed E-state index contributed by atoms with van der Waals surface area (Å²) in [6, 6.07) is 2.74. The topological polar surface area (TPSA) is 55.2 Å². The third-order valence-electron chi connectivity index (χ3n) is 3.32. The normalized spacial score (nSPS) is 14.9. The Morgan fingerprint density at radius 1 is 1.35 bits per heavy atom. The second kappa shape index (κ2) is 6.21. The smallest absolute Gasteiger partial charge is 0.314 e. The maximum absolute atomic E-state index is 13.1. The molecule has 2 unspecified atom stereocenters. The number of hydrogen-bond donors (Lipinski definition) is 1. The highest BCUT2D eigenvalue weighted by atomic mass is 19.4. The molecular weight excluding hydrogens is 273 g/mol. The van der Waals surface area contributed by atoms with Gasteiger partial charge in [0, 0.05) is 18.2 Å². The molecular formula is C13H17F3N2O2. The number of likely N-dealkylation sites (N-methyl/N-ethyl adjacent to an activating group) is 1. The van der Waals surface area contributed by atoms with Crippen LogP contribution in [0.4, 0.5) is 18.9 Å². The molecule has 1 rings (SSSR count). The standard InChI is InChI=1S/C13H17F3N2O2/c1-4-17-9(3)8(2)11-6-5-10(18(19)20)7-12(11)13(14,15)16/h5-9,17H,4H2,1-3H3. The van der Waals surface area contributed by atoms with Crippen LogP contribution >= 0.6 is 0 Å². The van der Waals surface area contributed by atoms with Gasteiger partial charge in [-0.3, -0.25) is 10.1 Å². The van der Waals surface area contributed by atoms with Crippen molar-refractivity contribution in [2.24, 2.45) is 0 Å². The Bertz CT molecular complexity index is 489. The maximum Gasteiger partial charge on any atom is 0.416 e. The number of nitro groups is 1. The van der Waals surface area contributed by atoms with Gasteiger partial charge in [-0.05, 0) is 24.9 Å². The summed E-state index contributed by atoms with van der Waals surface area (Å²) >= 11 is 0. The van der Waals surface area contributed by atoms with E-state index in [-0.39, 0.29) is 11.6 Å². The fraction of sp³-hybridized carbons (Fsp3) is 0.538. The quantitative estimate of drug-likeness (QED) is 0.664. The van der Waals surface area contributed by atoms with E-state index in [2.05, 4.69) is 5.32 Å². The summed E-state index contributed by atoms with van der Waals surface area (Å²) in [5.41, 5.74) is -1.43. The highest BCUT2D eigenvalue weighted by Crippen LogP contribution is 2.38. The van der Waals surface area contributed by atoms with Crippen molar-refractivity contribution in [2.75, 3.05) is 6.54 Å². The van der Waals surface area contributed by atoms with Crippen molar-refractivity contribution in [3.8, 4) is 0 Å². The zero-order valence-corrected chi connectivity index (χ0v) is 11.5. The van der Waals surface area contributed by atoms with E-state index >= 15 is 0 Å². The largest absolute Gasteiger partial charge is 0.416 e. The predicted molar refractivity (Wildman–Crippen MR) is 69.7 cm³/mol. The number of halogens is 3. The van der Waals surface area contributed by atoms with Crippen LogP contribution in [0.15, 0.2) is 18.2 Å². The first kappa shape index (κ1) is 16.4. The number of nitrogens with zero attached hydrogens (tertiary/aromatic N) is 1. The van der Waals surface area contributed by atoms with Gasteiger partial charge in [-0.25, -0.2) is 0 Å². The minimum atomic E-state index is -4.61. The van der Waals surface area contributed by atoms with Gasteiger partial charge in [-0.1, -0.05) is 19.9 Å². The second-order valence-electron chi connectivity index (χ2n) is 4.66. The van der Waals surface area contributed by atoms with Gasteiger partial charge in [-0.15, -0.1) is 0 Å². The Hall–Kier alpha value is -1.63. The fourth-order valence-corrected chi connectivity index (χ4v) is 2.07. The van der Waals surface area contributed by atoms with Gasteiger partial charge in [0.05, 0.1) is 10.5 Å². The third kappa shape index (κ3) is 3.69. The van der Waals surface area contributed by atoms with Crippen LogP contribution in [0, 0.1) is 10.1 Å². The molecule has 2 atom stereocenters. The lowest BCUT2D eigenvalue weighted by Crippen LogP contribution is -2.31. The molecule has 0 aromatic heterocycles. The van der Waals surface area contributed by atoms with Crippen molar-refractivity contribution in [2.45, 2.75) is 38.9 Å². The number of benzene rings is 1. The fourth-order valence-electron chi connectivity index (χ4n) is 2.07. The van der Waals surface area contributed by atoms with Crippen LogP contribution in [-0.4, -0.2) is 17.5 Å². The van der Waals surface area contributed by atoms with Crippen LogP contribution in [0.1, 0.15) is 37.8 Å². The van der Waals surface area contributed by atoms with Crippen molar-refractivity contribution < 1.29 is 18.1 Å². The zero-order valence-electron chi connectivity index (χ0n) is 11.5. The number of alkyl halides is 3. The number of nitrogens with one attached hydrogen (secondary N) is 1. The Balaban J connectivity index is 3.28. The Labute approximate surface area is 115 Å². The predicted octanol–water partition coefficient (Wildman–Crippen LogP) is 3.72. The van der Waals surface area contributed by atoms with Crippen molar-refractivity contribution in [3.63, 3.8) is 0 Å². The van der Waals surface area contributed by atoms with Crippen LogP contribution in [0.25, 0.3) is 0 Å². The molecule has 1 aromatic carbocycles. The van der Waals surface area contributed by atoms with Crippen molar-refractivity contribution in [1.82, 2.24) is 5.32 Å². The van der Waals surface area contributed by atoms with Crippen molar-refractivity contribution >= 4 is 5.69 Å². The number of hydrogen-bond acceptors (Lipinski definition) is 3. The minimum Gasteiger partial charge on any atom is -0.314 e. The summed E-state index contributed by atoms with van der Waals surface area (Å²) < 4.78 is 39.2. The van der Waals surface area contributed by atoms with Gasteiger partial charge in [0.15, 0.2) is 0 Å². The summed E-state index contributed by atoms with van der Waals surface area (Å²) in [7, 11) is 0. The van der Waals surface area contributed by atoms with Gasteiger partial charge < -0.3 is 5.32 Å². The highest BCUT2D eigenvalue weighted by molar-refractivity contribution is 5.43. The van der Waals surface area contributed by atoms with Crippen LogP contribution in [0.2, 0.25) is 0 Å². The summed E-state index contributed by atoms with van der Waals surface area (Å²) in [6.45, 7) is 5.96. The Morgan fingerprint density at radius 2 is 1.95 bits per heavy atom. The van der Waals surface area contributed by atoms with Crippen LogP contribution < -0.4 is 5.32 Å². The molecule has 4 nitrogen and oxygen atoms in total. The molecule has 0 aliphatic heterocycles. The van der Waals surface area contributed by atoms with Gasteiger partial charge >= 0.3 is 6.18 Å². The monoisotopic (exact) mass is 290 g/mol. The molecule has 0 radical (unpaired) electrons. The van der Waals surface area contributed by atoms with Crippen LogP contribution in [0.5, 0.6) is 0 Å². The molecule has 0 saturated carbocycles. The average molecular weight is 290 g/mol. The molecule has 0 fully saturated rings. The third-order valence-corrected chi connectivity index (χ3v) is 3.32. The molecule has 0 bridgehead atoms. The van der Waals surface area contributed by atoms with E-state index in [0.717, 1.165) is 6.07 Å². The lowest BCUT2D eigenvalue weighted by molar-refractivity contribution is -0.385. The lowest BCUT2D eigenvalue weighted by atomic mass is 9.90. The molecule has 0 heterocycles. The average Bonchev–Trinajstić information content (AvgIpc) is 2.36. The molecule has 0 aliphatic carbocycles. The van der Waals surface area contributed by atoms with E-state index in [4.69, 9.17) is 0 Å². The molecule has 1 N–H and O–H groups in total. The molecule has 0 spiro atoms. The molecule has 0 saturated heterocycles. The summed E-state index contributed by atoms with van der Waals surface area (Å²) in [5, 5.41) is 13.7. The van der Waals surface area contributed by atoms with Gasteiger partial charge in [0.2, 0.25) is 0 Å². The van der Waals surface area contributed by atoms with Crippen LogP contribution in [0.3, 0.4) is 0 Å². The van der Waals surface area contributed by atoms with Gasteiger partial charge in [0.25, 0.3) is 5.69 Å². The highest BCUT2D eigenvalue weighted by Gasteiger charge is 2.36. The molecule has 20 heavy (non-hydrogen) atoms. The van der Waals surface area contributed by atoms with E-state index < -0.39 is 28.3 Å². The number of rotatable bonds is 5. The molecule has 1 aromatic rings. The second-order valence-corrected chi connectivity index (χ2v) is 4.66. The summed E-state index contributed by atoms with van der Waals surface area (Å²) in [4.78, 5) is 9.80. The summed E-state index contributed by atoms with van der Waals surface area (Å²) in [5.74, 6) is -0.410. The Kier molecular flexibility index (Phi) is 5.10. The molecule has 112 valence electrons. The number of non-ortho nitro benzene ring substituents is 1. The lowest BCUT2D eigenvalue weighted by Gasteiger charge is -2.24. The molecule has 0 amide bonds. The zero-order chi connectivity index (χ0) is 15.5. The number of nitro benzene ring substituents is 1. The van der Waals surface area contributed by atoms with E-state index in [1.54, 1.807) is 13.8 Å². The molecule has 0 aliphatic rings. The van der Waals surface area contributed by atoms with Crippen LogP contribution in [-0.2, 0) is 6.18 Å². The molecule has 7 heteroatoms. The van der Waals surface area contributed by atoms with Gasteiger partial charge in [-0.2, -0.15) is 13.2 Å². The van der Waals surface area contributed by atoms with E-state index in [1.165, 1.54) is 6.07 Å². The van der Waals surface area contributed by atoms with E-state index in [1.807, 2.05) is 6.92 Å². The van der Waals surface area contributed by atoms with Crippen molar-refractivity contribution in [1.29, 1.82) is 0 Å². The maximum atomic E-state index is 13.1. The minimum absolute atomic E-state index is 0.0663. The van der Waals surface area contributed by atoms with E-state index in [9.17, 15) is 23.3 Å².